The van der Waals surface area contributed by atoms with Crippen molar-refractivity contribution in [3.8, 4) is 33.8 Å². The number of rotatable bonds is 7. The van der Waals surface area contributed by atoms with Crippen LogP contribution in [0.1, 0.15) is 11.1 Å². The van der Waals surface area contributed by atoms with Crippen molar-refractivity contribution in [3.63, 3.8) is 0 Å². The molecule has 0 radical (unpaired) electrons. The highest BCUT2D eigenvalue weighted by Crippen LogP contribution is 2.46. The molecular formula is C28H25N5O7S. The first-order valence-corrected chi connectivity index (χ1v) is 13.4. The number of fused-ring (bicyclic) bond motifs is 4. The molecule has 2 aromatic carbocycles. The Bertz CT molecular complexity index is 1770. The van der Waals surface area contributed by atoms with Gasteiger partial charge in [0.1, 0.15) is 16.3 Å². The molecule has 6 rings (SSSR count). The molecule has 1 aliphatic heterocycles. The second kappa shape index (κ2) is 10.7. The molecule has 210 valence electrons. The van der Waals surface area contributed by atoms with Crippen LogP contribution in [-0.2, 0) is 6.61 Å². The highest BCUT2D eigenvalue weighted by molar-refractivity contribution is 7.22. The van der Waals surface area contributed by atoms with Gasteiger partial charge in [-0.1, -0.05) is 0 Å². The van der Waals surface area contributed by atoms with Gasteiger partial charge in [0.05, 0.1) is 62.0 Å². The van der Waals surface area contributed by atoms with Gasteiger partial charge in [-0.3, -0.25) is 4.90 Å². The predicted octanol–water partition coefficient (Wildman–Crippen LogP) is 4.44. The largest absolute Gasteiger partial charge is 0.484 e. The molecule has 1 amide bonds. The molecule has 0 spiro atoms. The monoisotopic (exact) mass is 575 g/mol. The number of aromatic nitrogens is 4. The molecule has 0 aliphatic carbocycles. The molecule has 1 aliphatic rings. The Morgan fingerprint density at radius 1 is 1.10 bits per heavy atom. The zero-order valence-corrected chi connectivity index (χ0v) is 23.1. The molecule has 0 saturated heterocycles. The highest BCUT2D eigenvalue weighted by atomic mass is 32.1. The van der Waals surface area contributed by atoms with Gasteiger partial charge in [0, 0.05) is 11.6 Å². The van der Waals surface area contributed by atoms with Crippen LogP contribution in [0.15, 0.2) is 42.7 Å². The maximum atomic E-state index is 12.0. The van der Waals surface area contributed by atoms with E-state index in [-0.39, 0.29) is 19.8 Å². The molecule has 12 nitrogen and oxygen atoms in total. The first-order valence-electron chi connectivity index (χ1n) is 12.6. The average Bonchev–Trinajstić information content (AvgIpc) is 3.45. The normalized spacial score (nSPS) is 14.3. The van der Waals surface area contributed by atoms with Gasteiger partial charge in [-0.05, 0) is 42.3 Å². The lowest BCUT2D eigenvalue weighted by atomic mass is 10.1. The molecule has 4 heterocycles. The minimum absolute atomic E-state index is 0.0376. The third-order valence-electron chi connectivity index (χ3n) is 6.65. The number of anilines is 1. The van der Waals surface area contributed by atoms with Crippen LogP contribution in [0.4, 0.5) is 10.5 Å². The number of thiazole rings is 1. The number of amides is 1. The number of hydrogen-bond acceptors (Lipinski definition) is 11. The first kappa shape index (κ1) is 26.5. The molecule has 1 unspecified atom stereocenters. The number of hydrogen-bond donors (Lipinski definition) is 2. The van der Waals surface area contributed by atoms with Gasteiger partial charge in [0.15, 0.2) is 17.6 Å². The zero-order valence-electron chi connectivity index (χ0n) is 22.3. The van der Waals surface area contributed by atoms with E-state index in [0.717, 1.165) is 26.2 Å². The Balaban J connectivity index is 1.34. The van der Waals surface area contributed by atoms with Crippen LogP contribution in [0.3, 0.4) is 0 Å². The van der Waals surface area contributed by atoms with Crippen LogP contribution in [-0.4, -0.2) is 69.7 Å². The first-order chi connectivity index (χ1) is 19.9. The maximum absolute atomic E-state index is 12.0. The van der Waals surface area contributed by atoms with E-state index in [4.69, 9.17) is 23.9 Å². The molecule has 0 bridgehead atoms. The number of pyridine rings is 1. The van der Waals surface area contributed by atoms with E-state index in [9.17, 15) is 15.0 Å². The molecule has 13 heteroatoms. The highest BCUT2D eigenvalue weighted by Gasteiger charge is 2.30. The van der Waals surface area contributed by atoms with Crippen molar-refractivity contribution in [1.82, 2.24) is 19.9 Å². The topological polar surface area (TPSA) is 149 Å². The summed E-state index contributed by atoms with van der Waals surface area (Å²) in [5, 5.41) is 20.4. The predicted molar refractivity (Wildman–Crippen MR) is 151 cm³/mol. The maximum Gasteiger partial charge on any atom is 0.411 e. The molecule has 1 atom stereocenters. The van der Waals surface area contributed by atoms with Crippen molar-refractivity contribution in [2.45, 2.75) is 19.6 Å². The van der Waals surface area contributed by atoms with Crippen molar-refractivity contribution < 1.29 is 34.0 Å². The van der Waals surface area contributed by atoms with Gasteiger partial charge >= 0.3 is 6.09 Å². The van der Waals surface area contributed by atoms with Crippen molar-refractivity contribution in [1.29, 1.82) is 0 Å². The summed E-state index contributed by atoms with van der Waals surface area (Å²) >= 11 is 1.42. The number of benzene rings is 2. The van der Waals surface area contributed by atoms with Crippen molar-refractivity contribution >= 4 is 44.4 Å². The quantitative estimate of drug-likeness (QED) is 0.283. The summed E-state index contributed by atoms with van der Waals surface area (Å²) in [7, 11) is 3.01. The molecule has 0 fully saturated rings. The Hall–Kier alpha value is -4.75. The fraction of sp³-hybridized carbons (Fsp3) is 0.250. The Labute approximate surface area is 237 Å². The van der Waals surface area contributed by atoms with E-state index >= 15 is 0 Å². The van der Waals surface area contributed by atoms with Crippen molar-refractivity contribution in [2.24, 2.45) is 0 Å². The smallest absolute Gasteiger partial charge is 0.411 e. The summed E-state index contributed by atoms with van der Waals surface area (Å²) in [6, 6.07) is 8.70. The van der Waals surface area contributed by atoms with Crippen LogP contribution in [0.2, 0.25) is 0 Å². The van der Waals surface area contributed by atoms with Gasteiger partial charge in [0.25, 0.3) is 0 Å². The van der Waals surface area contributed by atoms with E-state index in [1.54, 1.807) is 24.4 Å². The molecule has 0 saturated carbocycles. The Kier molecular flexibility index (Phi) is 6.89. The summed E-state index contributed by atoms with van der Waals surface area (Å²) in [6.07, 6.45) is 1.29. The third kappa shape index (κ3) is 4.89. The van der Waals surface area contributed by atoms with Crippen LogP contribution in [0.5, 0.6) is 23.3 Å². The van der Waals surface area contributed by atoms with Gasteiger partial charge in [-0.2, -0.15) is 0 Å². The van der Waals surface area contributed by atoms with Gasteiger partial charge in [-0.15, -0.1) is 11.3 Å². The lowest BCUT2D eigenvalue weighted by molar-refractivity contribution is 0.0961. The number of aliphatic hydroxyl groups excluding tert-OH is 1. The van der Waals surface area contributed by atoms with Crippen molar-refractivity contribution in [3.05, 3.63) is 53.9 Å². The summed E-state index contributed by atoms with van der Waals surface area (Å²) in [4.78, 5) is 31.3. The molecule has 3 aromatic heterocycles. The van der Waals surface area contributed by atoms with Gasteiger partial charge < -0.3 is 29.2 Å². The third-order valence-corrected chi connectivity index (χ3v) is 7.74. The molecular weight excluding hydrogens is 550 g/mol. The minimum atomic E-state index is -1.14. The van der Waals surface area contributed by atoms with E-state index in [2.05, 4.69) is 15.0 Å². The van der Waals surface area contributed by atoms with E-state index in [0.29, 0.717) is 50.6 Å². The second-order valence-corrected chi connectivity index (χ2v) is 10.3. The standard InChI is InChI=1S/C28H25N5O7S/c1-14-6-20-25(39-13-17(40-20)11-33(28(35)36)16-4-5-21(37-2)29-9-16)26-23(14)32-27(41-26)18-7-15(12-34)8-19-24(18)30-10-22(31-19)38-3/h4-10,17,34H,11-13H2,1-3H3,(H,35,36). The fourth-order valence-corrected chi connectivity index (χ4v) is 5.82. The van der Waals surface area contributed by atoms with E-state index < -0.39 is 12.2 Å². The summed E-state index contributed by atoms with van der Waals surface area (Å²) in [5.74, 6) is 1.82. The number of aliphatic hydroxyl groups is 1. The van der Waals surface area contributed by atoms with Crippen LogP contribution in [0.25, 0.3) is 31.8 Å². The number of aryl methyl sites for hydroxylation is 1. The SMILES string of the molecule is COc1ccc(N(CC2COc3c(cc(C)c4nc(-c5cc(CO)cc6nc(OC)cnc56)sc34)O2)C(=O)O)cn1. The number of carboxylic acid groups (broad SMARTS) is 1. The Morgan fingerprint density at radius 3 is 2.63 bits per heavy atom. The number of nitrogens with zero attached hydrogens (tertiary/aromatic N) is 5. The lowest BCUT2D eigenvalue weighted by Crippen LogP contribution is -2.43. The minimum Gasteiger partial charge on any atom is -0.484 e. The van der Waals surface area contributed by atoms with Gasteiger partial charge in [0.2, 0.25) is 11.8 Å². The summed E-state index contributed by atoms with van der Waals surface area (Å²) in [5.41, 5.74) is 4.64. The fourth-order valence-electron chi connectivity index (χ4n) is 4.67. The van der Waals surface area contributed by atoms with Gasteiger partial charge in [-0.25, -0.2) is 24.7 Å². The van der Waals surface area contributed by atoms with E-state index in [1.165, 1.54) is 31.8 Å². The lowest BCUT2D eigenvalue weighted by Gasteiger charge is -2.30. The van der Waals surface area contributed by atoms with Crippen LogP contribution >= 0.6 is 11.3 Å². The number of carbonyl (C=O) groups is 1. The van der Waals surface area contributed by atoms with E-state index in [1.807, 2.05) is 19.1 Å². The Morgan fingerprint density at radius 2 is 1.93 bits per heavy atom. The summed E-state index contributed by atoms with van der Waals surface area (Å²) in [6.45, 7) is 1.94. The second-order valence-electron chi connectivity index (χ2n) is 9.30. The van der Waals surface area contributed by atoms with Crippen LogP contribution < -0.4 is 23.8 Å². The van der Waals surface area contributed by atoms with Crippen LogP contribution in [0, 0.1) is 6.92 Å². The molecule has 5 aromatic rings. The molecule has 2 N–H and O–H groups in total. The number of ether oxygens (including phenoxy) is 4. The molecule has 41 heavy (non-hydrogen) atoms. The number of methoxy groups -OCH3 is 2. The summed E-state index contributed by atoms with van der Waals surface area (Å²) < 4.78 is 23.5. The average molecular weight is 576 g/mol. The zero-order chi connectivity index (χ0) is 28.7. The van der Waals surface area contributed by atoms with Crippen molar-refractivity contribution in [2.75, 3.05) is 32.3 Å².